The first-order chi connectivity index (χ1) is 15.0. The molecule has 0 radical (unpaired) electrons. The average Bonchev–Trinajstić information content (AvgIpc) is 3.42. The van der Waals surface area contributed by atoms with E-state index in [4.69, 9.17) is 9.84 Å². The molecule has 1 N–H and O–H groups in total. The third-order valence-corrected chi connectivity index (χ3v) is 5.86. The Bertz CT molecular complexity index is 1050. The lowest BCUT2D eigenvalue weighted by molar-refractivity contribution is -0.136. The summed E-state index contributed by atoms with van der Waals surface area (Å²) in [6.45, 7) is 2.67. The molecule has 0 spiro atoms. The van der Waals surface area contributed by atoms with Gasteiger partial charge in [0.1, 0.15) is 5.82 Å². The van der Waals surface area contributed by atoms with Crippen molar-refractivity contribution in [2.75, 3.05) is 7.11 Å². The molecule has 2 heterocycles. The largest absolute Gasteiger partial charge is 0.478 e. The van der Waals surface area contributed by atoms with Crippen LogP contribution in [0.2, 0.25) is 0 Å². The topological polar surface area (TPSA) is 81.4 Å². The quantitative estimate of drug-likeness (QED) is 0.362. The van der Waals surface area contributed by atoms with E-state index in [1.807, 2.05) is 35.7 Å². The molecule has 6 nitrogen and oxygen atoms in total. The van der Waals surface area contributed by atoms with E-state index in [1.165, 1.54) is 7.11 Å². The minimum Gasteiger partial charge on any atom is -0.478 e. The summed E-state index contributed by atoms with van der Waals surface area (Å²) in [5.74, 6) is -0.365. The van der Waals surface area contributed by atoms with Crippen molar-refractivity contribution < 1.29 is 19.4 Å². The summed E-state index contributed by atoms with van der Waals surface area (Å²) >= 11 is 1.60. The Labute approximate surface area is 185 Å². The summed E-state index contributed by atoms with van der Waals surface area (Å²) in [4.78, 5) is 29.2. The zero-order valence-electron chi connectivity index (χ0n) is 17.7. The fraction of sp³-hybridized carbons (Fsp3) is 0.292. The van der Waals surface area contributed by atoms with Crippen molar-refractivity contribution >= 4 is 29.4 Å². The first-order valence-electron chi connectivity index (χ1n) is 10.2. The van der Waals surface area contributed by atoms with E-state index in [2.05, 4.69) is 16.5 Å². The Morgan fingerprint density at radius 1 is 1.23 bits per heavy atom. The lowest BCUT2D eigenvalue weighted by atomic mass is 10.1. The molecule has 0 aliphatic rings. The lowest BCUT2D eigenvalue weighted by Gasteiger charge is -2.12. The monoisotopic (exact) mass is 438 g/mol. The maximum atomic E-state index is 12.4. The first-order valence-corrected chi connectivity index (χ1v) is 11.1. The summed E-state index contributed by atoms with van der Waals surface area (Å²) in [6, 6.07) is 10.8. The van der Waals surface area contributed by atoms with Gasteiger partial charge >= 0.3 is 11.9 Å². The van der Waals surface area contributed by atoms with Crippen molar-refractivity contribution in [1.29, 1.82) is 0 Å². The number of methoxy groups -OCH3 is 1. The predicted molar refractivity (Wildman–Crippen MR) is 121 cm³/mol. The molecule has 0 fully saturated rings. The van der Waals surface area contributed by atoms with Crippen LogP contribution in [0.5, 0.6) is 0 Å². The molecule has 0 saturated carbocycles. The normalized spacial score (nSPS) is 11.5. The van der Waals surface area contributed by atoms with Crippen LogP contribution in [0.4, 0.5) is 0 Å². The van der Waals surface area contributed by atoms with Crippen molar-refractivity contribution in [3.05, 3.63) is 81.1 Å². The Morgan fingerprint density at radius 3 is 2.61 bits per heavy atom. The molecule has 0 aliphatic carbocycles. The van der Waals surface area contributed by atoms with Crippen LogP contribution in [-0.2, 0) is 28.9 Å². The first kappa shape index (κ1) is 22.5. The molecule has 0 atom stereocenters. The number of carboxylic acids is 1. The molecule has 2 aromatic heterocycles. The van der Waals surface area contributed by atoms with E-state index in [1.54, 1.807) is 29.7 Å². The minimum absolute atomic E-state index is 0.254. The van der Waals surface area contributed by atoms with Crippen molar-refractivity contribution in [1.82, 2.24) is 9.55 Å². The van der Waals surface area contributed by atoms with Crippen LogP contribution >= 0.6 is 11.3 Å². The van der Waals surface area contributed by atoms with E-state index in [0.29, 0.717) is 18.5 Å². The molecular weight excluding hydrogens is 412 g/mol. The fourth-order valence-electron chi connectivity index (χ4n) is 3.29. The Morgan fingerprint density at radius 2 is 2.00 bits per heavy atom. The van der Waals surface area contributed by atoms with Gasteiger partial charge in [0.15, 0.2) is 0 Å². The number of benzene rings is 1. The number of nitrogens with zero attached hydrogens (tertiary/aromatic N) is 2. The van der Waals surface area contributed by atoms with Crippen LogP contribution in [0, 0.1) is 0 Å². The summed E-state index contributed by atoms with van der Waals surface area (Å²) in [6.07, 6.45) is 7.02. The highest BCUT2D eigenvalue weighted by atomic mass is 32.1. The summed E-state index contributed by atoms with van der Waals surface area (Å²) in [5, 5.41) is 11.1. The van der Waals surface area contributed by atoms with Gasteiger partial charge in [0.05, 0.1) is 24.6 Å². The lowest BCUT2D eigenvalue weighted by Crippen LogP contribution is -2.10. The van der Waals surface area contributed by atoms with Crippen LogP contribution in [0.15, 0.2) is 53.5 Å². The SMILES string of the molecule is CCCCc1ncc(/C=C(\Cc2cccs2)C(=O)OC)n1Cc1ccc(C(=O)O)cc1. The van der Waals surface area contributed by atoms with Gasteiger partial charge in [-0.2, -0.15) is 0 Å². The average molecular weight is 439 g/mol. The van der Waals surface area contributed by atoms with Crippen molar-refractivity contribution in [3.8, 4) is 0 Å². The summed E-state index contributed by atoms with van der Waals surface area (Å²) in [7, 11) is 1.39. The van der Waals surface area contributed by atoms with Gasteiger partial charge in [0.2, 0.25) is 0 Å². The zero-order valence-corrected chi connectivity index (χ0v) is 18.5. The molecule has 7 heteroatoms. The van der Waals surface area contributed by atoms with Gasteiger partial charge in [-0.05, 0) is 41.6 Å². The second-order valence-electron chi connectivity index (χ2n) is 7.21. The third kappa shape index (κ3) is 5.92. The van der Waals surface area contributed by atoms with Crippen molar-refractivity contribution in [2.24, 2.45) is 0 Å². The molecule has 0 aliphatic heterocycles. The zero-order chi connectivity index (χ0) is 22.2. The van der Waals surface area contributed by atoms with Crippen molar-refractivity contribution in [2.45, 2.75) is 39.2 Å². The van der Waals surface area contributed by atoms with Gasteiger partial charge in [-0.1, -0.05) is 31.5 Å². The maximum Gasteiger partial charge on any atom is 0.335 e. The molecule has 0 amide bonds. The van der Waals surface area contributed by atoms with E-state index in [0.717, 1.165) is 41.2 Å². The number of hydrogen-bond acceptors (Lipinski definition) is 5. The van der Waals surface area contributed by atoms with E-state index >= 15 is 0 Å². The smallest absolute Gasteiger partial charge is 0.335 e. The number of aryl methyl sites for hydroxylation is 1. The molecule has 31 heavy (non-hydrogen) atoms. The minimum atomic E-state index is -0.947. The Hall–Kier alpha value is -3.19. The van der Waals surface area contributed by atoms with Gasteiger partial charge in [0.25, 0.3) is 0 Å². The number of unbranched alkanes of at least 4 members (excludes halogenated alkanes) is 1. The van der Waals surface area contributed by atoms with Crippen LogP contribution < -0.4 is 0 Å². The molecule has 3 aromatic rings. The fourth-order valence-corrected chi connectivity index (χ4v) is 4.02. The number of carboxylic acid groups (broad SMARTS) is 1. The summed E-state index contributed by atoms with van der Waals surface area (Å²) in [5.41, 5.74) is 2.61. The number of hydrogen-bond donors (Lipinski definition) is 1. The number of aromatic nitrogens is 2. The second-order valence-corrected chi connectivity index (χ2v) is 8.24. The molecule has 162 valence electrons. The number of esters is 1. The number of carbonyl (C=O) groups excluding carboxylic acids is 1. The van der Waals surface area contributed by atoms with Crippen LogP contribution in [0.1, 0.15) is 52.1 Å². The number of rotatable bonds is 10. The van der Waals surface area contributed by atoms with Gasteiger partial charge in [-0.15, -0.1) is 11.3 Å². The number of ether oxygens (including phenoxy) is 1. The highest BCUT2D eigenvalue weighted by Gasteiger charge is 2.15. The van der Waals surface area contributed by atoms with E-state index in [-0.39, 0.29) is 11.5 Å². The highest BCUT2D eigenvalue weighted by Crippen LogP contribution is 2.20. The Kier molecular flexibility index (Phi) is 7.78. The molecule has 1 aromatic carbocycles. The molecule has 3 rings (SSSR count). The maximum absolute atomic E-state index is 12.4. The predicted octanol–water partition coefficient (Wildman–Crippen LogP) is 4.83. The standard InChI is InChI=1S/C24H26N2O4S/c1-3-4-7-22-25-15-20(13-19(24(29)30-2)14-21-6-5-12-31-21)26(22)16-17-8-10-18(11-9-17)23(27)28/h5-6,8-13,15H,3-4,7,14,16H2,1-2H3,(H,27,28)/b19-13+. The molecular formula is C24H26N2O4S. The number of thiophene rings is 1. The third-order valence-electron chi connectivity index (χ3n) is 4.98. The van der Waals surface area contributed by atoms with Crippen LogP contribution in [-0.4, -0.2) is 33.7 Å². The van der Waals surface area contributed by atoms with E-state index < -0.39 is 5.97 Å². The molecule has 0 unspecified atom stereocenters. The van der Waals surface area contributed by atoms with Crippen LogP contribution in [0.3, 0.4) is 0 Å². The van der Waals surface area contributed by atoms with E-state index in [9.17, 15) is 9.59 Å². The van der Waals surface area contributed by atoms with Gasteiger partial charge < -0.3 is 14.4 Å². The van der Waals surface area contributed by atoms with Gasteiger partial charge in [0, 0.05) is 29.8 Å². The Balaban J connectivity index is 1.96. The molecule has 0 bridgehead atoms. The second kappa shape index (κ2) is 10.7. The van der Waals surface area contributed by atoms with Gasteiger partial charge in [-0.25, -0.2) is 14.6 Å². The number of aromatic carboxylic acids is 1. The summed E-state index contributed by atoms with van der Waals surface area (Å²) < 4.78 is 7.10. The number of carbonyl (C=O) groups is 2. The number of imidazole rings is 1. The van der Waals surface area contributed by atoms with Crippen molar-refractivity contribution in [3.63, 3.8) is 0 Å². The molecule has 0 saturated heterocycles. The van der Waals surface area contributed by atoms with Crippen LogP contribution in [0.25, 0.3) is 6.08 Å². The highest BCUT2D eigenvalue weighted by molar-refractivity contribution is 7.09. The van der Waals surface area contributed by atoms with Gasteiger partial charge in [-0.3, -0.25) is 0 Å².